The molecule has 0 amide bonds. The quantitative estimate of drug-likeness (QED) is 0.740. The minimum Gasteiger partial charge on any atom is -0.354 e. The summed E-state index contributed by atoms with van der Waals surface area (Å²) in [4.78, 5) is 17.1. The van der Waals surface area contributed by atoms with Crippen LogP contribution in [0.5, 0.6) is 0 Å². The van der Waals surface area contributed by atoms with Crippen LogP contribution in [0.2, 0.25) is 0 Å². The van der Waals surface area contributed by atoms with E-state index in [0.29, 0.717) is 5.92 Å². The largest absolute Gasteiger partial charge is 0.354 e. The van der Waals surface area contributed by atoms with Crippen molar-refractivity contribution in [3.63, 3.8) is 0 Å². The summed E-state index contributed by atoms with van der Waals surface area (Å²) in [5.74, 6) is 1.45. The van der Waals surface area contributed by atoms with Gasteiger partial charge in [-0.15, -0.1) is 22.7 Å². The molecule has 4 heterocycles. The van der Waals surface area contributed by atoms with E-state index >= 15 is 0 Å². The minimum atomic E-state index is 0.494. The van der Waals surface area contributed by atoms with E-state index in [2.05, 4.69) is 56.2 Å². The third-order valence-corrected chi connectivity index (χ3v) is 6.39. The van der Waals surface area contributed by atoms with Gasteiger partial charge in [-0.2, -0.15) is 0 Å². The van der Waals surface area contributed by atoms with Crippen molar-refractivity contribution in [1.29, 1.82) is 0 Å². The van der Waals surface area contributed by atoms with Crippen LogP contribution < -0.4 is 10.2 Å². The summed E-state index contributed by atoms with van der Waals surface area (Å²) >= 11 is 3.43. The Kier molecular flexibility index (Phi) is 5.05. The molecule has 3 aromatic rings. The fourth-order valence-corrected chi connectivity index (χ4v) is 4.74. The molecule has 0 radical (unpaired) electrons. The lowest BCUT2D eigenvalue weighted by Crippen LogP contribution is -2.29. The molecule has 0 bridgehead atoms. The van der Waals surface area contributed by atoms with Crippen molar-refractivity contribution in [2.75, 3.05) is 25.0 Å². The van der Waals surface area contributed by atoms with Gasteiger partial charge in [-0.3, -0.25) is 0 Å². The predicted octanol–water partition coefficient (Wildman–Crippen LogP) is 3.77. The van der Waals surface area contributed by atoms with Gasteiger partial charge in [-0.1, -0.05) is 6.07 Å². The highest BCUT2D eigenvalue weighted by Gasteiger charge is 2.18. The molecule has 1 unspecified atom stereocenters. The van der Waals surface area contributed by atoms with Gasteiger partial charge < -0.3 is 10.2 Å². The van der Waals surface area contributed by atoms with Gasteiger partial charge in [0.05, 0.1) is 22.8 Å². The summed E-state index contributed by atoms with van der Waals surface area (Å²) < 4.78 is 0. The number of nitrogens with zero attached hydrogens (tertiary/aromatic N) is 4. The molecule has 1 atom stereocenters. The second-order valence-corrected chi connectivity index (χ2v) is 8.13. The highest BCUT2D eigenvalue weighted by Crippen LogP contribution is 2.29. The number of piperidine rings is 1. The maximum Gasteiger partial charge on any atom is 0.133 e. The van der Waals surface area contributed by atoms with Crippen molar-refractivity contribution in [2.45, 2.75) is 25.3 Å². The molecule has 1 N–H and O–H groups in total. The van der Waals surface area contributed by atoms with Gasteiger partial charge in [0.25, 0.3) is 0 Å². The number of rotatable bonds is 5. The number of thiophene rings is 1. The third-order valence-electron chi connectivity index (χ3n) is 4.46. The Labute approximate surface area is 155 Å². The predicted molar refractivity (Wildman–Crippen MR) is 104 cm³/mol. The number of aromatic nitrogens is 3. The lowest BCUT2D eigenvalue weighted by atomic mass is 9.96. The zero-order chi connectivity index (χ0) is 17.1. The van der Waals surface area contributed by atoms with Gasteiger partial charge in [0, 0.05) is 31.0 Å². The van der Waals surface area contributed by atoms with E-state index in [9.17, 15) is 0 Å². The van der Waals surface area contributed by atoms with Crippen molar-refractivity contribution in [2.24, 2.45) is 0 Å². The van der Waals surface area contributed by atoms with Crippen LogP contribution in [0.4, 0.5) is 5.82 Å². The maximum absolute atomic E-state index is 4.76. The number of anilines is 1. The molecule has 0 saturated carbocycles. The molecule has 7 heteroatoms. The lowest BCUT2D eigenvalue weighted by molar-refractivity contribution is 0.454. The Morgan fingerprint density at radius 2 is 2.28 bits per heavy atom. The average Bonchev–Trinajstić information content (AvgIpc) is 3.34. The summed E-state index contributed by atoms with van der Waals surface area (Å²) in [7, 11) is 2.06. The topological polar surface area (TPSA) is 53.9 Å². The maximum atomic E-state index is 4.76. The van der Waals surface area contributed by atoms with E-state index in [1.165, 1.54) is 17.7 Å². The molecular formula is C18H21N5S2. The summed E-state index contributed by atoms with van der Waals surface area (Å²) in [5.41, 5.74) is 2.22. The Hall–Kier alpha value is -1.83. The Morgan fingerprint density at radius 3 is 3.08 bits per heavy atom. The Morgan fingerprint density at radius 1 is 1.32 bits per heavy atom. The Balaban J connectivity index is 1.46. The number of thiazole rings is 1. The molecule has 4 rings (SSSR count). The molecule has 25 heavy (non-hydrogen) atoms. The van der Waals surface area contributed by atoms with Gasteiger partial charge >= 0.3 is 0 Å². The van der Waals surface area contributed by atoms with Gasteiger partial charge in [0.1, 0.15) is 17.2 Å². The van der Waals surface area contributed by atoms with Crippen LogP contribution in [-0.4, -0.2) is 35.1 Å². The van der Waals surface area contributed by atoms with E-state index in [1.807, 2.05) is 0 Å². The van der Waals surface area contributed by atoms with E-state index in [1.54, 1.807) is 29.0 Å². The second-order valence-electron chi connectivity index (χ2n) is 6.32. The SMILES string of the molecule is CN(Cc1csc(-c2cccs2)n1)c1cc(C2CCCNC2)ncn1. The van der Waals surface area contributed by atoms with Crippen LogP contribution in [0, 0.1) is 0 Å². The fourth-order valence-electron chi connectivity index (χ4n) is 3.11. The van der Waals surface area contributed by atoms with E-state index in [0.717, 1.165) is 41.8 Å². The zero-order valence-corrected chi connectivity index (χ0v) is 15.8. The van der Waals surface area contributed by atoms with Gasteiger partial charge in [-0.05, 0) is 30.8 Å². The van der Waals surface area contributed by atoms with Gasteiger partial charge in [0.2, 0.25) is 0 Å². The first-order valence-corrected chi connectivity index (χ1v) is 10.3. The molecule has 3 aromatic heterocycles. The number of hydrogen-bond acceptors (Lipinski definition) is 7. The van der Waals surface area contributed by atoms with Crippen LogP contribution in [0.15, 0.2) is 35.3 Å². The van der Waals surface area contributed by atoms with Gasteiger partial charge in [-0.25, -0.2) is 15.0 Å². The molecule has 5 nitrogen and oxygen atoms in total. The second kappa shape index (κ2) is 7.59. The van der Waals surface area contributed by atoms with E-state index in [-0.39, 0.29) is 0 Å². The molecule has 0 spiro atoms. The van der Waals surface area contributed by atoms with Crippen molar-refractivity contribution in [1.82, 2.24) is 20.3 Å². The first-order chi connectivity index (χ1) is 12.3. The molecule has 0 aliphatic carbocycles. The van der Waals surface area contributed by atoms with Crippen LogP contribution in [0.3, 0.4) is 0 Å². The summed E-state index contributed by atoms with van der Waals surface area (Å²) in [6.45, 7) is 2.88. The Bertz CT molecular complexity index is 809. The van der Waals surface area contributed by atoms with Crippen molar-refractivity contribution >= 4 is 28.5 Å². The minimum absolute atomic E-state index is 0.494. The molecule has 1 aliphatic rings. The smallest absolute Gasteiger partial charge is 0.133 e. The monoisotopic (exact) mass is 371 g/mol. The van der Waals surface area contributed by atoms with Gasteiger partial charge in [0.15, 0.2) is 0 Å². The van der Waals surface area contributed by atoms with Crippen molar-refractivity contribution in [3.8, 4) is 9.88 Å². The van der Waals surface area contributed by atoms with Crippen molar-refractivity contribution in [3.05, 3.63) is 46.7 Å². The van der Waals surface area contributed by atoms with Crippen LogP contribution in [-0.2, 0) is 6.54 Å². The summed E-state index contributed by atoms with van der Waals surface area (Å²) in [6, 6.07) is 6.31. The number of nitrogens with one attached hydrogen (secondary N) is 1. The first kappa shape index (κ1) is 16.6. The van der Waals surface area contributed by atoms with Crippen molar-refractivity contribution < 1.29 is 0 Å². The molecule has 0 aromatic carbocycles. The zero-order valence-electron chi connectivity index (χ0n) is 14.2. The fraction of sp³-hybridized carbons (Fsp3) is 0.389. The normalized spacial score (nSPS) is 17.6. The van der Waals surface area contributed by atoms with E-state index in [4.69, 9.17) is 4.98 Å². The highest BCUT2D eigenvalue weighted by molar-refractivity contribution is 7.20. The number of hydrogen-bond donors (Lipinski definition) is 1. The average molecular weight is 372 g/mol. The summed E-state index contributed by atoms with van der Waals surface area (Å²) in [6.07, 6.45) is 4.10. The molecule has 1 aliphatic heterocycles. The standard InChI is InChI=1S/C18H21N5S2/c1-23(10-14-11-25-18(22-14)16-5-3-7-24-16)17-8-15(20-12-21-17)13-4-2-6-19-9-13/h3,5,7-8,11-13,19H,2,4,6,9-10H2,1H3. The first-order valence-electron chi connectivity index (χ1n) is 8.51. The third kappa shape index (κ3) is 3.89. The lowest BCUT2D eigenvalue weighted by Gasteiger charge is -2.23. The highest BCUT2D eigenvalue weighted by atomic mass is 32.1. The summed E-state index contributed by atoms with van der Waals surface area (Å²) in [5, 5.41) is 8.77. The molecule has 1 saturated heterocycles. The molecular weight excluding hydrogens is 350 g/mol. The van der Waals surface area contributed by atoms with Crippen LogP contribution in [0.1, 0.15) is 30.1 Å². The van der Waals surface area contributed by atoms with Crippen LogP contribution in [0.25, 0.3) is 9.88 Å². The van der Waals surface area contributed by atoms with Crippen LogP contribution >= 0.6 is 22.7 Å². The van der Waals surface area contributed by atoms with E-state index < -0.39 is 0 Å². The molecule has 1 fully saturated rings. The molecule has 130 valence electrons.